The van der Waals surface area contributed by atoms with E-state index in [-0.39, 0.29) is 5.82 Å². The lowest BCUT2D eigenvalue weighted by atomic mass is 10.2. The first-order valence-corrected chi connectivity index (χ1v) is 10.2. The molecule has 158 valence electrons. The molecule has 6 nitrogen and oxygen atoms in total. The van der Waals surface area contributed by atoms with Crippen LogP contribution in [0.5, 0.6) is 0 Å². The van der Waals surface area contributed by atoms with Crippen LogP contribution < -0.4 is 5.32 Å². The first kappa shape index (κ1) is 22.2. The van der Waals surface area contributed by atoms with Gasteiger partial charge in [-0.3, -0.25) is 4.79 Å². The van der Waals surface area contributed by atoms with Crippen LogP contribution in [-0.4, -0.2) is 23.1 Å². The number of rotatable bonds is 6. The highest BCUT2D eigenvalue weighted by atomic mass is 79.9. The van der Waals surface area contributed by atoms with Crippen molar-refractivity contribution < 1.29 is 18.7 Å². The van der Waals surface area contributed by atoms with Crippen LogP contribution in [0.2, 0.25) is 0 Å². The second-order valence-electron chi connectivity index (χ2n) is 6.86. The summed E-state index contributed by atoms with van der Waals surface area (Å²) in [6.07, 6.45) is 0. The number of aromatic nitrogens is 1. The maximum absolute atomic E-state index is 13.2. The SMILES string of the molecule is Cc1c(C#N)c(NC(=O)COC(=O)c2ccccc2Br)n(Cc2ccc(F)cc2)c1C. The lowest BCUT2D eigenvalue weighted by Gasteiger charge is -2.13. The van der Waals surface area contributed by atoms with Gasteiger partial charge in [0.25, 0.3) is 5.91 Å². The summed E-state index contributed by atoms with van der Waals surface area (Å²) < 4.78 is 20.7. The highest BCUT2D eigenvalue weighted by molar-refractivity contribution is 9.10. The Balaban J connectivity index is 1.78. The van der Waals surface area contributed by atoms with Crippen LogP contribution in [0.1, 0.15) is 32.7 Å². The predicted molar refractivity (Wildman–Crippen MR) is 117 cm³/mol. The Morgan fingerprint density at radius 3 is 2.48 bits per heavy atom. The monoisotopic (exact) mass is 483 g/mol. The number of anilines is 1. The first-order chi connectivity index (χ1) is 14.8. The fourth-order valence-electron chi connectivity index (χ4n) is 3.10. The Kier molecular flexibility index (Phi) is 6.88. The number of esters is 1. The highest BCUT2D eigenvalue weighted by Gasteiger charge is 2.21. The Labute approximate surface area is 187 Å². The zero-order chi connectivity index (χ0) is 22.5. The van der Waals surface area contributed by atoms with Gasteiger partial charge < -0.3 is 14.6 Å². The van der Waals surface area contributed by atoms with Gasteiger partial charge in [-0.25, -0.2) is 9.18 Å². The van der Waals surface area contributed by atoms with Crippen molar-refractivity contribution in [3.8, 4) is 6.07 Å². The number of nitrogens with one attached hydrogen (secondary N) is 1. The molecule has 0 aliphatic carbocycles. The van der Waals surface area contributed by atoms with Crippen LogP contribution in [0.15, 0.2) is 53.0 Å². The summed E-state index contributed by atoms with van der Waals surface area (Å²) in [5, 5.41) is 12.3. The third-order valence-electron chi connectivity index (χ3n) is 4.88. The molecule has 8 heteroatoms. The van der Waals surface area contributed by atoms with Gasteiger partial charge in [0.15, 0.2) is 6.61 Å². The standard InChI is InChI=1S/C23H19BrFN3O3/c1-14-15(2)28(12-16-7-9-17(25)10-8-16)22(19(14)11-26)27-21(29)13-31-23(30)18-5-3-4-6-20(18)24/h3-10H,12-13H2,1-2H3,(H,27,29). The van der Waals surface area contributed by atoms with E-state index in [0.717, 1.165) is 16.8 Å². The molecule has 0 spiro atoms. The number of nitriles is 1. The summed E-state index contributed by atoms with van der Waals surface area (Å²) in [6.45, 7) is 3.45. The van der Waals surface area contributed by atoms with Crippen molar-refractivity contribution in [1.82, 2.24) is 4.57 Å². The molecule has 31 heavy (non-hydrogen) atoms. The Morgan fingerprint density at radius 1 is 1.16 bits per heavy atom. The zero-order valence-corrected chi connectivity index (χ0v) is 18.5. The molecule has 0 atom stereocenters. The summed E-state index contributed by atoms with van der Waals surface area (Å²) in [5.41, 5.74) is 2.95. The van der Waals surface area contributed by atoms with Crippen LogP contribution >= 0.6 is 15.9 Å². The van der Waals surface area contributed by atoms with Gasteiger partial charge in [-0.1, -0.05) is 24.3 Å². The minimum Gasteiger partial charge on any atom is -0.452 e. The second kappa shape index (κ2) is 9.58. The molecule has 1 N–H and O–H groups in total. The molecule has 0 bridgehead atoms. The van der Waals surface area contributed by atoms with E-state index in [2.05, 4.69) is 27.3 Å². The van der Waals surface area contributed by atoms with Crippen LogP contribution in [-0.2, 0) is 16.1 Å². The normalized spacial score (nSPS) is 10.4. The largest absolute Gasteiger partial charge is 0.452 e. The third kappa shape index (κ3) is 5.01. The van der Waals surface area contributed by atoms with Crippen molar-refractivity contribution in [2.24, 2.45) is 0 Å². The van der Waals surface area contributed by atoms with Crippen LogP contribution in [0, 0.1) is 31.0 Å². The molecule has 3 aromatic rings. The number of nitrogens with zero attached hydrogens (tertiary/aromatic N) is 2. The van der Waals surface area contributed by atoms with Gasteiger partial charge in [-0.05, 0) is 65.2 Å². The Morgan fingerprint density at radius 2 is 1.84 bits per heavy atom. The molecular formula is C23H19BrFN3O3. The lowest BCUT2D eigenvalue weighted by molar-refractivity contribution is -0.119. The number of carbonyl (C=O) groups excluding carboxylic acids is 2. The second-order valence-corrected chi connectivity index (χ2v) is 7.72. The van der Waals surface area contributed by atoms with Crippen LogP contribution in [0.25, 0.3) is 0 Å². The number of benzene rings is 2. The number of ether oxygens (including phenoxy) is 1. The summed E-state index contributed by atoms with van der Waals surface area (Å²) in [5.74, 6) is -1.25. The molecule has 1 aromatic heterocycles. The van der Waals surface area contributed by atoms with Gasteiger partial charge >= 0.3 is 5.97 Å². The molecule has 0 aliphatic rings. The molecule has 3 rings (SSSR count). The van der Waals surface area contributed by atoms with E-state index in [1.165, 1.54) is 12.1 Å². The summed E-state index contributed by atoms with van der Waals surface area (Å²) in [6, 6.07) is 14.8. The molecule has 0 saturated heterocycles. The number of carbonyl (C=O) groups is 2. The van der Waals surface area contributed by atoms with E-state index in [9.17, 15) is 19.2 Å². The van der Waals surface area contributed by atoms with Crippen molar-refractivity contribution in [3.63, 3.8) is 0 Å². The maximum Gasteiger partial charge on any atom is 0.339 e. The molecule has 1 heterocycles. The smallest absolute Gasteiger partial charge is 0.339 e. The molecule has 0 aliphatic heterocycles. The average Bonchev–Trinajstić information content (AvgIpc) is 2.97. The van der Waals surface area contributed by atoms with E-state index in [1.807, 2.05) is 6.92 Å². The summed E-state index contributed by atoms with van der Waals surface area (Å²) in [7, 11) is 0. The minimum atomic E-state index is -0.641. The van der Waals surface area contributed by atoms with Gasteiger partial charge in [0.2, 0.25) is 0 Å². The van der Waals surface area contributed by atoms with Gasteiger partial charge in [-0.2, -0.15) is 5.26 Å². The number of amides is 1. The quantitative estimate of drug-likeness (QED) is 0.514. The van der Waals surface area contributed by atoms with Crippen molar-refractivity contribution in [2.45, 2.75) is 20.4 Å². The van der Waals surface area contributed by atoms with Crippen molar-refractivity contribution in [3.05, 3.63) is 86.8 Å². The van der Waals surface area contributed by atoms with E-state index in [0.29, 0.717) is 28.0 Å². The topological polar surface area (TPSA) is 84.1 Å². The fourth-order valence-corrected chi connectivity index (χ4v) is 3.55. The van der Waals surface area contributed by atoms with E-state index >= 15 is 0 Å². The van der Waals surface area contributed by atoms with E-state index < -0.39 is 18.5 Å². The van der Waals surface area contributed by atoms with E-state index in [1.54, 1.807) is 47.9 Å². The summed E-state index contributed by atoms with van der Waals surface area (Å²) >= 11 is 3.27. The number of halogens is 2. The maximum atomic E-state index is 13.2. The van der Waals surface area contributed by atoms with E-state index in [4.69, 9.17) is 4.74 Å². The van der Waals surface area contributed by atoms with Crippen molar-refractivity contribution in [1.29, 1.82) is 5.26 Å². The molecule has 0 fully saturated rings. The molecule has 0 saturated carbocycles. The number of hydrogen-bond acceptors (Lipinski definition) is 4. The Hall–Kier alpha value is -3.44. The first-order valence-electron chi connectivity index (χ1n) is 9.37. The summed E-state index contributed by atoms with van der Waals surface area (Å²) in [4.78, 5) is 24.7. The van der Waals surface area contributed by atoms with Gasteiger partial charge in [0.05, 0.1) is 11.1 Å². The number of hydrogen-bond donors (Lipinski definition) is 1. The molecular weight excluding hydrogens is 465 g/mol. The zero-order valence-electron chi connectivity index (χ0n) is 16.9. The molecule has 1 amide bonds. The lowest BCUT2D eigenvalue weighted by Crippen LogP contribution is -2.23. The van der Waals surface area contributed by atoms with Gasteiger partial charge in [0.1, 0.15) is 17.7 Å². The van der Waals surface area contributed by atoms with Crippen LogP contribution in [0.3, 0.4) is 0 Å². The average molecular weight is 484 g/mol. The van der Waals surface area contributed by atoms with Gasteiger partial charge in [0, 0.05) is 16.7 Å². The molecule has 2 aromatic carbocycles. The predicted octanol–water partition coefficient (Wildman–Crippen LogP) is 4.72. The fraction of sp³-hybridized carbons (Fsp3) is 0.174. The highest BCUT2D eigenvalue weighted by Crippen LogP contribution is 2.27. The Bertz CT molecular complexity index is 1180. The van der Waals surface area contributed by atoms with Crippen LogP contribution in [0.4, 0.5) is 10.2 Å². The van der Waals surface area contributed by atoms with Gasteiger partial charge in [-0.15, -0.1) is 0 Å². The van der Waals surface area contributed by atoms with Crippen molar-refractivity contribution in [2.75, 3.05) is 11.9 Å². The third-order valence-corrected chi connectivity index (χ3v) is 5.57. The minimum absolute atomic E-state index is 0.305. The molecule has 0 radical (unpaired) electrons. The van der Waals surface area contributed by atoms with Crippen molar-refractivity contribution >= 4 is 33.6 Å². The molecule has 0 unspecified atom stereocenters.